The van der Waals surface area contributed by atoms with Gasteiger partial charge >= 0.3 is 6.03 Å². The van der Waals surface area contributed by atoms with Crippen molar-refractivity contribution < 1.29 is 4.79 Å². The molecule has 2 amide bonds. The number of rotatable bonds is 3. The van der Waals surface area contributed by atoms with Crippen molar-refractivity contribution in [1.82, 2.24) is 4.90 Å². The van der Waals surface area contributed by atoms with Crippen LogP contribution in [-0.4, -0.2) is 30.6 Å². The fourth-order valence-electron chi connectivity index (χ4n) is 2.10. The minimum absolute atomic E-state index is 0.0269. The number of amides is 2. The lowest BCUT2D eigenvalue weighted by atomic mass is 10.1. The molecule has 1 aliphatic rings. The van der Waals surface area contributed by atoms with Crippen LogP contribution in [0.5, 0.6) is 0 Å². The predicted octanol–water partition coefficient (Wildman–Crippen LogP) is 2.53. The van der Waals surface area contributed by atoms with E-state index >= 15 is 0 Å². The first kappa shape index (κ1) is 11.8. The van der Waals surface area contributed by atoms with E-state index in [0.717, 1.165) is 31.7 Å². The zero-order valence-corrected chi connectivity index (χ0v) is 10.4. The Labute approximate surface area is 102 Å². The lowest BCUT2D eigenvalue weighted by molar-refractivity contribution is 0.217. The Morgan fingerprint density at radius 3 is 2.88 bits per heavy atom. The fraction of sp³-hybridized carbons (Fsp3) is 0.462. The summed E-state index contributed by atoms with van der Waals surface area (Å²) >= 11 is 0. The lowest BCUT2D eigenvalue weighted by Gasteiger charge is -2.19. The summed E-state index contributed by atoms with van der Waals surface area (Å²) in [7, 11) is 0. The van der Waals surface area contributed by atoms with E-state index in [1.54, 1.807) is 4.90 Å². The molecule has 0 aliphatic carbocycles. The summed E-state index contributed by atoms with van der Waals surface area (Å²) in [5.41, 5.74) is 3.34. The summed E-state index contributed by atoms with van der Waals surface area (Å²) in [5, 5.41) is 6.24. The monoisotopic (exact) mass is 233 g/mol. The summed E-state index contributed by atoms with van der Waals surface area (Å²) in [5.74, 6) is 0. The molecule has 2 rings (SSSR count). The molecule has 0 saturated carbocycles. The van der Waals surface area contributed by atoms with Crippen LogP contribution in [0.15, 0.2) is 18.2 Å². The highest BCUT2D eigenvalue weighted by atomic mass is 16.2. The highest BCUT2D eigenvalue weighted by Gasteiger charge is 2.13. The second-order valence-corrected chi connectivity index (χ2v) is 4.15. The topological polar surface area (TPSA) is 44.4 Å². The van der Waals surface area contributed by atoms with E-state index < -0.39 is 0 Å². The molecule has 92 valence electrons. The average molecular weight is 233 g/mol. The molecule has 0 aromatic heterocycles. The Morgan fingerprint density at radius 1 is 1.41 bits per heavy atom. The summed E-state index contributed by atoms with van der Waals surface area (Å²) in [6.07, 6.45) is 1.03. The van der Waals surface area contributed by atoms with Gasteiger partial charge < -0.3 is 15.5 Å². The van der Waals surface area contributed by atoms with Gasteiger partial charge in [-0.3, -0.25) is 0 Å². The van der Waals surface area contributed by atoms with E-state index in [-0.39, 0.29) is 6.03 Å². The standard InChI is InChI=1S/C13H19N3O/c1-3-16(4-2)13(17)15-11-5-6-12-10(9-11)7-8-14-12/h5-6,9,14H,3-4,7-8H2,1-2H3,(H,15,17). The van der Waals surface area contributed by atoms with Gasteiger partial charge in [0.05, 0.1) is 0 Å². The molecule has 1 aromatic rings. The number of hydrogen-bond donors (Lipinski definition) is 2. The Hall–Kier alpha value is -1.71. The molecular formula is C13H19N3O. The molecule has 0 atom stereocenters. The summed E-state index contributed by atoms with van der Waals surface area (Å²) in [4.78, 5) is 13.6. The smallest absolute Gasteiger partial charge is 0.321 e. The van der Waals surface area contributed by atoms with Gasteiger partial charge in [0, 0.05) is 31.0 Å². The third-order valence-electron chi connectivity index (χ3n) is 3.12. The van der Waals surface area contributed by atoms with Gasteiger partial charge in [0.1, 0.15) is 0 Å². The molecule has 0 bridgehead atoms. The molecule has 1 aliphatic heterocycles. The van der Waals surface area contributed by atoms with Crippen molar-refractivity contribution in [2.24, 2.45) is 0 Å². The first-order valence-electron chi connectivity index (χ1n) is 6.17. The Kier molecular flexibility index (Phi) is 3.52. The van der Waals surface area contributed by atoms with Gasteiger partial charge in [-0.15, -0.1) is 0 Å². The molecule has 1 heterocycles. The molecule has 1 aromatic carbocycles. The number of fused-ring (bicyclic) bond motifs is 1. The van der Waals surface area contributed by atoms with Crippen LogP contribution in [0.1, 0.15) is 19.4 Å². The molecule has 0 saturated heterocycles. The van der Waals surface area contributed by atoms with E-state index in [9.17, 15) is 4.79 Å². The van der Waals surface area contributed by atoms with Crippen molar-refractivity contribution >= 4 is 17.4 Å². The molecule has 0 spiro atoms. The SMILES string of the molecule is CCN(CC)C(=O)Nc1ccc2c(c1)CCN2. The van der Waals surface area contributed by atoms with Gasteiger partial charge in [0.15, 0.2) is 0 Å². The van der Waals surface area contributed by atoms with Crippen LogP contribution < -0.4 is 10.6 Å². The van der Waals surface area contributed by atoms with Crippen molar-refractivity contribution in [2.45, 2.75) is 20.3 Å². The van der Waals surface area contributed by atoms with Crippen LogP contribution in [0.4, 0.5) is 16.2 Å². The first-order valence-corrected chi connectivity index (χ1v) is 6.17. The van der Waals surface area contributed by atoms with Gasteiger partial charge in [0.25, 0.3) is 0 Å². The van der Waals surface area contributed by atoms with Gasteiger partial charge in [-0.05, 0) is 44.0 Å². The predicted molar refractivity (Wildman–Crippen MR) is 70.6 cm³/mol. The average Bonchev–Trinajstić information content (AvgIpc) is 2.77. The van der Waals surface area contributed by atoms with Crippen molar-refractivity contribution in [3.63, 3.8) is 0 Å². The van der Waals surface area contributed by atoms with E-state index in [1.807, 2.05) is 26.0 Å². The van der Waals surface area contributed by atoms with Crippen molar-refractivity contribution in [2.75, 3.05) is 30.3 Å². The minimum Gasteiger partial charge on any atom is -0.384 e. The van der Waals surface area contributed by atoms with Gasteiger partial charge in [-0.25, -0.2) is 4.79 Å². The van der Waals surface area contributed by atoms with E-state index in [0.29, 0.717) is 0 Å². The maximum Gasteiger partial charge on any atom is 0.321 e. The van der Waals surface area contributed by atoms with Crippen LogP contribution in [0, 0.1) is 0 Å². The molecule has 2 N–H and O–H groups in total. The minimum atomic E-state index is -0.0269. The van der Waals surface area contributed by atoms with Crippen LogP contribution in [0.3, 0.4) is 0 Å². The van der Waals surface area contributed by atoms with Crippen LogP contribution in [-0.2, 0) is 6.42 Å². The molecule has 0 fully saturated rings. The third kappa shape index (κ3) is 2.52. The second kappa shape index (κ2) is 5.08. The van der Waals surface area contributed by atoms with Crippen molar-refractivity contribution in [1.29, 1.82) is 0 Å². The second-order valence-electron chi connectivity index (χ2n) is 4.15. The highest BCUT2D eigenvalue weighted by molar-refractivity contribution is 5.89. The molecule has 0 radical (unpaired) electrons. The Balaban J connectivity index is 2.06. The molecule has 17 heavy (non-hydrogen) atoms. The number of nitrogens with zero attached hydrogens (tertiary/aromatic N) is 1. The number of nitrogens with one attached hydrogen (secondary N) is 2. The van der Waals surface area contributed by atoms with Gasteiger partial charge in [-0.1, -0.05) is 0 Å². The summed E-state index contributed by atoms with van der Waals surface area (Å²) in [6.45, 7) is 6.41. The number of anilines is 2. The largest absolute Gasteiger partial charge is 0.384 e. The molecular weight excluding hydrogens is 214 g/mol. The first-order chi connectivity index (χ1) is 8.24. The van der Waals surface area contributed by atoms with Crippen LogP contribution in [0.25, 0.3) is 0 Å². The molecule has 0 unspecified atom stereocenters. The summed E-state index contributed by atoms with van der Waals surface area (Å²) < 4.78 is 0. The Bertz CT molecular complexity index is 413. The number of carbonyl (C=O) groups is 1. The number of urea groups is 1. The number of benzene rings is 1. The maximum absolute atomic E-state index is 11.9. The zero-order valence-electron chi connectivity index (χ0n) is 10.4. The fourth-order valence-corrected chi connectivity index (χ4v) is 2.10. The van der Waals surface area contributed by atoms with Crippen molar-refractivity contribution in [3.8, 4) is 0 Å². The van der Waals surface area contributed by atoms with Crippen LogP contribution in [0.2, 0.25) is 0 Å². The van der Waals surface area contributed by atoms with E-state index in [1.165, 1.54) is 11.3 Å². The molecule has 4 nitrogen and oxygen atoms in total. The van der Waals surface area contributed by atoms with Gasteiger partial charge in [0.2, 0.25) is 0 Å². The Morgan fingerprint density at radius 2 is 2.18 bits per heavy atom. The van der Waals surface area contributed by atoms with Gasteiger partial charge in [-0.2, -0.15) is 0 Å². The zero-order chi connectivity index (χ0) is 12.3. The quantitative estimate of drug-likeness (QED) is 0.842. The van der Waals surface area contributed by atoms with Crippen LogP contribution >= 0.6 is 0 Å². The molecule has 4 heteroatoms. The summed E-state index contributed by atoms with van der Waals surface area (Å²) in [6, 6.07) is 6.00. The maximum atomic E-state index is 11.9. The van der Waals surface area contributed by atoms with Crippen molar-refractivity contribution in [3.05, 3.63) is 23.8 Å². The number of carbonyl (C=O) groups excluding carboxylic acids is 1. The van der Waals surface area contributed by atoms with E-state index in [4.69, 9.17) is 0 Å². The number of hydrogen-bond acceptors (Lipinski definition) is 2. The van der Waals surface area contributed by atoms with E-state index in [2.05, 4.69) is 16.7 Å². The highest BCUT2D eigenvalue weighted by Crippen LogP contribution is 2.25. The lowest BCUT2D eigenvalue weighted by Crippen LogP contribution is -2.34. The third-order valence-corrected chi connectivity index (χ3v) is 3.12. The normalized spacial score (nSPS) is 12.8.